The van der Waals surface area contributed by atoms with Crippen LogP contribution in [0.2, 0.25) is 0 Å². The highest BCUT2D eigenvalue weighted by molar-refractivity contribution is 6.03. The topological polar surface area (TPSA) is 90.1 Å². The summed E-state index contributed by atoms with van der Waals surface area (Å²) in [5.41, 5.74) is 0.229. The van der Waals surface area contributed by atoms with Gasteiger partial charge in [0.05, 0.1) is 16.3 Å². The van der Waals surface area contributed by atoms with Gasteiger partial charge in [-0.25, -0.2) is 9.07 Å². The van der Waals surface area contributed by atoms with Gasteiger partial charge in [0.15, 0.2) is 5.69 Å². The molecular formula is C16H11FN4O3. The van der Waals surface area contributed by atoms with Crippen LogP contribution in [0.4, 0.5) is 15.8 Å². The van der Waals surface area contributed by atoms with Crippen LogP contribution in [0, 0.1) is 15.9 Å². The van der Waals surface area contributed by atoms with E-state index in [2.05, 4.69) is 10.4 Å². The van der Waals surface area contributed by atoms with Crippen LogP contribution in [-0.2, 0) is 0 Å². The molecule has 0 spiro atoms. The lowest BCUT2D eigenvalue weighted by Gasteiger charge is -2.04. The first kappa shape index (κ1) is 15.3. The minimum atomic E-state index is -0.767. The summed E-state index contributed by atoms with van der Waals surface area (Å²) < 4.78 is 15.2. The summed E-state index contributed by atoms with van der Waals surface area (Å²) in [4.78, 5) is 22.2. The SMILES string of the molecule is O=C(Nc1cc([N+](=O)[O-])ccc1F)c1ccn(-c2ccccc2)n1. The Hall–Kier alpha value is -3.55. The van der Waals surface area contributed by atoms with E-state index in [1.807, 2.05) is 30.3 Å². The van der Waals surface area contributed by atoms with Crippen molar-refractivity contribution in [2.45, 2.75) is 0 Å². The van der Waals surface area contributed by atoms with Crippen LogP contribution in [0.5, 0.6) is 0 Å². The van der Waals surface area contributed by atoms with Crippen LogP contribution in [0.15, 0.2) is 60.8 Å². The molecule has 1 aromatic heterocycles. The normalized spacial score (nSPS) is 10.4. The minimum Gasteiger partial charge on any atom is -0.318 e. The Labute approximate surface area is 135 Å². The lowest BCUT2D eigenvalue weighted by Crippen LogP contribution is -2.14. The molecule has 0 unspecified atom stereocenters. The van der Waals surface area contributed by atoms with Crippen molar-refractivity contribution in [3.05, 3.63) is 82.4 Å². The van der Waals surface area contributed by atoms with Crippen molar-refractivity contribution in [1.29, 1.82) is 0 Å². The summed E-state index contributed by atoms with van der Waals surface area (Å²) in [7, 11) is 0. The van der Waals surface area contributed by atoms with Gasteiger partial charge >= 0.3 is 0 Å². The summed E-state index contributed by atoms with van der Waals surface area (Å²) in [5.74, 6) is -1.43. The molecule has 1 amide bonds. The monoisotopic (exact) mass is 326 g/mol. The molecule has 0 saturated carbocycles. The van der Waals surface area contributed by atoms with E-state index in [1.165, 1.54) is 10.7 Å². The van der Waals surface area contributed by atoms with Crippen molar-refractivity contribution < 1.29 is 14.1 Å². The number of nitrogens with one attached hydrogen (secondary N) is 1. The number of non-ortho nitro benzene ring substituents is 1. The Morgan fingerprint density at radius 2 is 1.92 bits per heavy atom. The number of anilines is 1. The molecule has 0 saturated heterocycles. The fraction of sp³-hybridized carbons (Fsp3) is 0. The first-order valence-electron chi connectivity index (χ1n) is 6.91. The number of aromatic nitrogens is 2. The van der Waals surface area contributed by atoms with Crippen molar-refractivity contribution in [3.8, 4) is 5.69 Å². The average Bonchev–Trinajstić information content (AvgIpc) is 3.07. The molecule has 24 heavy (non-hydrogen) atoms. The molecule has 0 aliphatic rings. The highest BCUT2D eigenvalue weighted by Crippen LogP contribution is 2.21. The second kappa shape index (κ2) is 6.29. The van der Waals surface area contributed by atoms with E-state index in [0.717, 1.165) is 23.9 Å². The first-order valence-corrected chi connectivity index (χ1v) is 6.91. The van der Waals surface area contributed by atoms with Gasteiger partial charge in [-0.15, -0.1) is 0 Å². The molecule has 0 aliphatic heterocycles. The smallest absolute Gasteiger partial charge is 0.276 e. The number of nitrogens with zero attached hydrogens (tertiary/aromatic N) is 3. The number of amides is 1. The van der Waals surface area contributed by atoms with Crippen molar-refractivity contribution in [1.82, 2.24) is 9.78 Å². The highest BCUT2D eigenvalue weighted by Gasteiger charge is 2.16. The van der Waals surface area contributed by atoms with Crippen molar-refractivity contribution >= 4 is 17.3 Å². The summed E-state index contributed by atoms with van der Waals surface area (Å²) in [6, 6.07) is 13.5. The maximum atomic E-state index is 13.7. The Bertz CT molecular complexity index is 909. The number of halogens is 1. The van der Waals surface area contributed by atoms with Crippen LogP contribution in [0.1, 0.15) is 10.5 Å². The van der Waals surface area contributed by atoms with E-state index >= 15 is 0 Å². The van der Waals surface area contributed by atoms with E-state index in [-0.39, 0.29) is 17.1 Å². The zero-order valence-corrected chi connectivity index (χ0v) is 12.2. The third-order valence-corrected chi connectivity index (χ3v) is 3.25. The standard InChI is InChI=1S/C16H11FN4O3/c17-13-7-6-12(21(23)24)10-15(13)18-16(22)14-8-9-20(19-14)11-4-2-1-3-5-11/h1-10H,(H,18,22). The van der Waals surface area contributed by atoms with Gasteiger partial charge in [-0.2, -0.15) is 5.10 Å². The molecule has 7 nitrogen and oxygen atoms in total. The number of hydrogen-bond acceptors (Lipinski definition) is 4. The molecule has 3 aromatic rings. The minimum absolute atomic E-state index is 0.0600. The van der Waals surface area contributed by atoms with Crippen molar-refractivity contribution in [2.75, 3.05) is 5.32 Å². The second-order valence-electron chi connectivity index (χ2n) is 4.86. The molecule has 8 heteroatoms. The second-order valence-corrected chi connectivity index (χ2v) is 4.86. The fourth-order valence-corrected chi connectivity index (χ4v) is 2.08. The Kier molecular flexibility index (Phi) is 4.02. The van der Waals surface area contributed by atoms with Crippen LogP contribution in [-0.4, -0.2) is 20.6 Å². The van der Waals surface area contributed by atoms with Gasteiger partial charge in [0, 0.05) is 18.3 Å². The molecule has 0 fully saturated rings. The molecule has 0 atom stereocenters. The Morgan fingerprint density at radius 1 is 1.17 bits per heavy atom. The number of carbonyl (C=O) groups excluding carboxylic acids is 1. The lowest BCUT2D eigenvalue weighted by molar-refractivity contribution is -0.384. The van der Waals surface area contributed by atoms with Crippen LogP contribution in [0.25, 0.3) is 5.69 Å². The van der Waals surface area contributed by atoms with Gasteiger partial charge in [0.25, 0.3) is 11.6 Å². The van der Waals surface area contributed by atoms with E-state index in [4.69, 9.17) is 0 Å². The third kappa shape index (κ3) is 3.12. The van der Waals surface area contributed by atoms with E-state index in [1.54, 1.807) is 6.20 Å². The zero-order chi connectivity index (χ0) is 17.1. The van der Waals surface area contributed by atoms with Crippen molar-refractivity contribution in [3.63, 3.8) is 0 Å². The highest BCUT2D eigenvalue weighted by atomic mass is 19.1. The molecular weight excluding hydrogens is 315 g/mol. The Morgan fingerprint density at radius 3 is 2.62 bits per heavy atom. The number of benzene rings is 2. The zero-order valence-electron chi connectivity index (χ0n) is 12.2. The van der Waals surface area contributed by atoms with Gasteiger partial charge in [-0.3, -0.25) is 14.9 Å². The van der Waals surface area contributed by atoms with E-state index in [9.17, 15) is 19.3 Å². The largest absolute Gasteiger partial charge is 0.318 e. The summed E-state index contributed by atoms with van der Waals surface area (Å²) in [5, 5.41) is 17.1. The number of nitro benzene ring substituents is 1. The number of para-hydroxylation sites is 1. The number of nitro groups is 1. The van der Waals surface area contributed by atoms with Crippen molar-refractivity contribution in [2.24, 2.45) is 0 Å². The summed E-state index contributed by atoms with van der Waals surface area (Å²) >= 11 is 0. The van der Waals surface area contributed by atoms with Gasteiger partial charge in [0.2, 0.25) is 0 Å². The Balaban J connectivity index is 1.82. The molecule has 0 aliphatic carbocycles. The van der Waals surface area contributed by atoms with E-state index in [0.29, 0.717) is 0 Å². The van der Waals surface area contributed by atoms with Crippen LogP contribution < -0.4 is 5.32 Å². The van der Waals surface area contributed by atoms with Gasteiger partial charge < -0.3 is 5.32 Å². The number of hydrogen-bond donors (Lipinski definition) is 1. The molecule has 1 N–H and O–H groups in total. The molecule has 2 aromatic carbocycles. The van der Waals surface area contributed by atoms with Crippen LogP contribution in [0.3, 0.4) is 0 Å². The number of rotatable bonds is 4. The maximum absolute atomic E-state index is 13.7. The van der Waals surface area contributed by atoms with E-state index < -0.39 is 16.6 Å². The average molecular weight is 326 g/mol. The summed E-state index contributed by atoms with van der Waals surface area (Å²) in [6.45, 7) is 0. The predicted octanol–water partition coefficient (Wildman–Crippen LogP) is 3.17. The molecule has 1 heterocycles. The fourth-order valence-electron chi connectivity index (χ4n) is 2.08. The molecule has 120 valence electrons. The van der Waals surface area contributed by atoms with Gasteiger partial charge in [0.1, 0.15) is 5.82 Å². The van der Waals surface area contributed by atoms with Gasteiger partial charge in [-0.1, -0.05) is 18.2 Å². The molecule has 3 rings (SSSR count). The molecule has 0 radical (unpaired) electrons. The lowest BCUT2D eigenvalue weighted by atomic mass is 10.2. The number of carbonyl (C=O) groups is 1. The third-order valence-electron chi connectivity index (χ3n) is 3.25. The first-order chi connectivity index (χ1) is 11.5. The maximum Gasteiger partial charge on any atom is 0.276 e. The summed E-state index contributed by atoms with van der Waals surface area (Å²) in [6.07, 6.45) is 1.59. The predicted molar refractivity (Wildman–Crippen MR) is 84.6 cm³/mol. The van der Waals surface area contributed by atoms with Gasteiger partial charge in [-0.05, 0) is 24.3 Å². The molecule has 0 bridgehead atoms. The van der Waals surface area contributed by atoms with Crippen LogP contribution >= 0.6 is 0 Å². The quantitative estimate of drug-likeness (QED) is 0.589.